The van der Waals surface area contributed by atoms with E-state index in [4.69, 9.17) is 27.9 Å². The van der Waals surface area contributed by atoms with E-state index in [2.05, 4.69) is 5.32 Å². The maximum Gasteiger partial charge on any atom is 0.264 e. The van der Waals surface area contributed by atoms with Gasteiger partial charge in [-0.05, 0) is 65.7 Å². The standard InChI is InChI=1S/C32H31Cl2N3O5S/c1-35-32(39)30(19-23-8-4-3-5-9-23)36(21-24-10-6-11-25(33)18-24)31(38)22-37(27-13-7-12-26(34)20-27)43(40,41)29-16-14-28(42-2)15-17-29/h3-18,20,30H,19,21-22H2,1-2H3,(H,35,39)/t30-/m1/s1. The highest BCUT2D eigenvalue weighted by molar-refractivity contribution is 7.92. The molecule has 1 N–H and O–H groups in total. The lowest BCUT2D eigenvalue weighted by Gasteiger charge is -2.33. The number of carbonyl (C=O) groups excluding carboxylic acids is 2. The Labute approximate surface area is 261 Å². The van der Waals surface area contributed by atoms with Gasteiger partial charge in [-0.15, -0.1) is 0 Å². The maximum atomic E-state index is 14.3. The summed E-state index contributed by atoms with van der Waals surface area (Å²) in [6.07, 6.45) is 0.204. The molecule has 0 fully saturated rings. The minimum absolute atomic E-state index is 0.0102. The van der Waals surface area contributed by atoms with E-state index in [1.54, 1.807) is 42.5 Å². The Morgan fingerprint density at radius 1 is 0.837 bits per heavy atom. The van der Waals surface area contributed by atoms with Crippen molar-refractivity contribution in [1.29, 1.82) is 0 Å². The molecule has 8 nitrogen and oxygen atoms in total. The van der Waals surface area contributed by atoms with Crippen molar-refractivity contribution in [3.05, 3.63) is 124 Å². The van der Waals surface area contributed by atoms with Gasteiger partial charge in [0.15, 0.2) is 0 Å². The second-order valence-electron chi connectivity index (χ2n) is 9.64. The quantitative estimate of drug-likeness (QED) is 0.218. The predicted octanol–water partition coefficient (Wildman–Crippen LogP) is 5.58. The first kappa shape index (κ1) is 31.9. The Hall–Kier alpha value is -4.05. The van der Waals surface area contributed by atoms with E-state index in [0.29, 0.717) is 21.4 Å². The van der Waals surface area contributed by atoms with Crippen molar-refractivity contribution in [3.63, 3.8) is 0 Å². The zero-order valence-corrected chi connectivity index (χ0v) is 25.9. The van der Waals surface area contributed by atoms with Crippen molar-refractivity contribution in [2.45, 2.75) is 23.9 Å². The van der Waals surface area contributed by atoms with Gasteiger partial charge in [0.2, 0.25) is 11.8 Å². The predicted molar refractivity (Wildman–Crippen MR) is 169 cm³/mol. The van der Waals surface area contributed by atoms with Gasteiger partial charge in [0.25, 0.3) is 10.0 Å². The fourth-order valence-corrected chi connectivity index (χ4v) is 6.39. The highest BCUT2D eigenvalue weighted by Crippen LogP contribution is 2.28. The van der Waals surface area contributed by atoms with Gasteiger partial charge >= 0.3 is 0 Å². The summed E-state index contributed by atoms with van der Waals surface area (Å²) in [5.74, 6) is -0.514. The molecule has 0 aliphatic heterocycles. The van der Waals surface area contributed by atoms with Crippen LogP contribution in [0.1, 0.15) is 11.1 Å². The van der Waals surface area contributed by atoms with Crippen LogP contribution >= 0.6 is 23.2 Å². The van der Waals surface area contributed by atoms with Crippen molar-refractivity contribution >= 4 is 50.7 Å². The summed E-state index contributed by atoms with van der Waals surface area (Å²) in [5, 5.41) is 3.42. The van der Waals surface area contributed by atoms with E-state index in [1.807, 2.05) is 30.3 Å². The van der Waals surface area contributed by atoms with Crippen LogP contribution in [0, 0.1) is 0 Å². The first-order valence-corrected chi connectivity index (χ1v) is 15.5. The normalized spacial score (nSPS) is 11.8. The van der Waals surface area contributed by atoms with Crippen LogP contribution in [0.5, 0.6) is 5.75 Å². The SMILES string of the molecule is CNC(=O)[C@@H](Cc1ccccc1)N(Cc1cccc(Cl)c1)C(=O)CN(c1cccc(Cl)c1)S(=O)(=O)c1ccc(OC)cc1. The summed E-state index contributed by atoms with van der Waals surface area (Å²) in [6, 6.07) is 27.4. The number of likely N-dealkylation sites (N-methyl/N-ethyl adjacent to an activating group) is 1. The Morgan fingerprint density at radius 2 is 1.47 bits per heavy atom. The molecule has 4 rings (SSSR count). The van der Waals surface area contributed by atoms with Crippen LogP contribution in [0.3, 0.4) is 0 Å². The Kier molecular flexibility index (Phi) is 10.7. The van der Waals surface area contributed by atoms with Gasteiger partial charge in [0.05, 0.1) is 17.7 Å². The van der Waals surface area contributed by atoms with Crippen LogP contribution in [0.4, 0.5) is 5.69 Å². The molecule has 4 aromatic rings. The summed E-state index contributed by atoms with van der Waals surface area (Å²) in [6.45, 7) is -0.589. The van der Waals surface area contributed by atoms with Crippen LogP contribution in [0.2, 0.25) is 10.0 Å². The van der Waals surface area contributed by atoms with Gasteiger partial charge in [-0.25, -0.2) is 8.42 Å². The number of amides is 2. The number of sulfonamides is 1. The second-order valence-corrected chi connectivity index (χ2v) is 12.4. The van der Waals surface area contributed by atoms with Crippen LogP contribution < -0.4 is 14.4 Å². The average Bonchev–Trinajstić information content (AvgIpc) is 3.01. The van der Waals surface area contributed by atoms with E-state index in [0.717, 1.165) is 9.87 Å². The number of halogens is 2. The van der Waals surface area contributed by atoms with Gasteiger partial charge in [-0.1, -0.05) is 71.7 Å². The van der Waals surface area contributed by atoms with Gasteiger partial charge in [-0.3, -0.25) is 13.9 Å². The summed E-state index contributed by atoms with van der Waals surface area (Å²) >= 11 is 12.5. The number of nitrogens with zero attached hydrogens (tertiary/aromatic N) is 2. The van der Waals surface area contributed by atoms with E-state index < -0.39 is 34.4 Å². The molecule has 2 amide bonds. The molecule has 0 saturated heterocycles. The molecule has 0 aromatic heterocycles. The van der Waals surface area contributed by atoms with Crippen LogP contribution in [0.15, 0.2) is 108 Å². The van der Waals surface area contributed by atoms with Crippen LogP contribution in [-0.4, -0.2) is 51.9 Å². The molecule has 0 unspecified atom stereocenters. The molecule has 224 valence electrons. The summed E-state index contributed by atoms with van der Waals surface area (Å²) < 4.78 is 34.2. The monoisotopic (exact) mass is 639 g/mol. The molecule has 0 aliphatic carbocycles. The third-order valence-electron chi connectivity index (χ3n) is 6.78. The largest absolute Gasteiger partial charge is 0.497 e. The Balaban J connectivity index is 1.79. The highest BCUT2D eigenvalue weighted by atomic mass is 35.5. The molecule has 0 bridgehead atoms. The zero-order valence-electron chi connectivity index (χ0n) is 23.6. The first-order chi connectivity index (χ1) is 20.6. The van der Waals surface area contributed by atoms with Gasteiger partial charge < -0.3 is 15.0 Å². The van der Waals surface area contributed by atoms with Crippen LogP contribution in [0.25, 0.3) is 0 Å². The lowest BCUT2D eigenvalue weighted by Crippen LogP contribution is -2.53. The molecule has 0 spiro atoms. The molecular formula is C32H31Cl2N3O5S. The average molecular weight is 641 g/mol. The number of benzene rings is 4. The number of hydrogen-bond acceptors (Lipinski definition) is 5. The Morgan fingerprint density at radius 3 is 2.07 bits per heavy atom. The van der Waals surface area contributed by atoms with Crippen molar-refractivity contribution in [2.24, 2.45) is 0 Å². The number of methoxy groups -OCH3 is 1. The van der Waals surface area contributed by atoms with Crippen molar-refractivity contribution < 1.29 is 22.7 Å². The summed E-state index contributed by atoms with van der Waals surface area (Å²) in [7, 11) is -1.29. The van der Waals surface area contributed by atoms with Gasteiger partial charge in [-0.2, -0.15) is 0 Å². The topological polar surface area (TPSA) is 96.0 Å². The molecule has 1 atom stereocenters. The minimum Gasteiger partial charge on any atom is -0.497 e. The number of hydrogen-bond donors (Lipinski definition) is 1. The molecule has 0 saturated carbocycles. The van der Waals surface area contributed by atoms with Gasteiger partial charge in [0.1, 0.15) is 18.3 Å². The number of ether oxygens (including phenoxy) is 1. The maximum absolute atomic E-state index is 14.3. The fraction of sp³-hybridized carbons (Fsp3) is 0.188. The van der Waals surface area contributed by atoms with E-state index >= 15 is 0 Å². The number of rotatable bonds is 12. The highest BCUT2D eigenvalue weighted by Gasteiger charge is 2.34. The van der Waals surface area contributed by atoms with Crippen molar-refractivity contribution in [3.8, 4) is 5.75 Å². The first-order valence-electron chi connectivity index (χ1n) is 13.3. The molecule has 43 heavy (non-hydrogen) atoms. The molecule has 4 aromatic carbocycles. The molecule has 0 aliphatic rings. The third kappa shape index (κ3) is 8.07. The smallest absolute Gasteiger partial charge is 0.264 e. The molecule has 11 heteroatoms. The van der Waals surface area contributed by atoms with Gasteiger partial charge in [0, 0.05) is 30.1 Å². The minimum atomic E-state index is -4.26. The molecule has 0 heterocycles. The second kappa shape index (κ2) is 14.4. The van der Waals surface area contributed by atoms with E-state index in [1.165, 1.54) is 49.4 Å². The Bertz CT molecular complexity index is 1670. The fourth-order valence-electron chi connectivity index (χ4n) is 4.59. The lowest BCUT2D eigenvalue weighted by atomic mass is 10.0. The lowest BCUT2D eigenvalue weighted by molar-refractivity contribution is -0.139. The van der Waals surface area contributed by atoms with E-state index in [-0.39, 0.29) is 23.5 Å². The molecule has 0 radical (unpaired) electrons. The third-order valence-corrected chi connectivity index (χ3v) is 9.04. The van der Waals surface area contributed by atoms with E-state index in [9.17, 15) is 18.0 Å². The van der Waals surface area contributed by atoms with Crippen LogP contribution in [-0.2, 0) is 32.6 Å². The summed E-state index contributed by atoms with van der Waals surface area (Å²) in [4.78, 5) is 28.9. The number of carbonyl (C=O) groups is 2. The number of nitrogens with one attached hydrogen (secondary N) is 1. The number of anilines is 1. The zero-order chi connectivity index (χ0) is 31.0. The molecular weight excluding hydrogens is 609 g/mol. The van der Waals surface area contributed by atoms with Crippen molar-refractivity contribution in [2.75, 3.05) is 25.0 Å². The summed E-state index contributed by atoms with van der Waals surface area (Å²) in [5.41, 5.74) is 1.70. The van der Waals surface area contributed by atoms with Crippen molar-refractivity contribution in [1.82, 2.24) is 10.2 Å².